The van der Waals surface area contributed by atoms with Crippen LogP contribution in [-0.2, 0) is 15.2 Å². The Hall–Kier alpha value is 0.748. The number of hydrogen-bond acceptors (Lipinski definition) is 0. The van der Waals surface area contributed by atoms with Crippen molar-refractivity contribution in [2.45, 2.75) is 25.7 Å². The fourth-order valence-electron chi connectivity index (χ4n) is 0.991. The van der Waals surface area contributed by atoms with Crippen LogP contribution in [0.2, 0.25) is 0 Å². The number of allylic oxidation sites excluding steroid dienone is 4. The van der Waals surface area contributed by atoms with Gasteiger partial charge in [-0.1, -0.05) is 0 Å². The van der Waals surface area contributed by atoms with E-state index in [0.29, 0.717) is 0 Å². The van der Waals surface area contributed by atoms with Crippen LogP contribution in [0.15, 0.2) is 22.2 Å². The van der Waals surface area contributed by atoms with Crippen molar-refractivity contribution in [2.24, 2.45) is 0 Å². The molecule has 0 unspecified atom stereocenters. The maximum absolute atomic E-state index is 5.91. The van der Waals surface area contributed by atoms with Gasteiger partial charge in [0.2, 0.25) is 0 Å². The Morgan fingerprint density at radius 1 is 1.27 bits per heavy atom. The van der Waals surface area contributed by atoms with Crippen molar-refractivity contribution in [3.05, 3.63) is 22.2 Å². The van der Waals surface area contributed by atoms with Gasteiger partial charge in [0.05, 0.1) is 0 Å². The number of hydrogen-bond donors (Lipinski definition) is 0. The van der Waals surface area contributed by atoms with Crippen molar-refractivity contribution in [1.29, 1.82) is 0 Å². The van der Waals surface area contributed by atoms with Crippen molar-refractivity contribution in [3.63, 3.8) is 0 Å². The van der Waals surface area contributed by atoms with E-state index in [4.69, 9.17) is 18.8 Å². The Morgan fingerprint density at radius 2 is 2.09 bits per heavy atom. The summed E-state index contributed by atoms with van der Waals surface area (Å²) in [6.07, 6.45) is 11.1. The molecule has 0 saturated heterocycles. The van der Waals surface area contributed by atoms with Gasteiger partial charge in [0.1, 0.15) is 0 Å². The minimum atomic E-state index is -1.69. The van der Waals surface area contributed by atoms with Crippen LogP contribution in [0.3, 0.4) is 0 Å². The molecule has 1 rings (SSSR count). The SMILES string of the molecule is [Cl][Pt]([Cl])[C]1=CCC=CCCC1. The van der Waals surface area contributed by atoms with E-state index in [1.54, 1.807) is 0 Å². The molecular formula is C8H11Cl2Pt. The zero-order valence-corrected chi connectivity index (χ0v) is 9.92. The molecule has 1 aliphatic rings. The third-order valence-corrected chi connectivity index (χ3v) is 6.20. The second-order valence-electron chi connectivity index (χ2n) is 2.38. The molecule has 0 N–H and O–H groups in total. The average Bonchev–Trinajstić information content (AvgIpc) is 1.84. The fraction of sp³-hybridized carbons (Fsp3) is 0.500. The van der Waals surface area contributed by atoms with Gasteiger partial charge in [-0.3, -0.25) is 0 Å². The van der Waals surface area contributed by atoms with E-state index in [1.165, 1.54) is 16.8 Å². The summed E-state index contributed by atoms with van der Waals surface area (Å²) >= 11 is -1.69. The van der Waals surface area contributed by atoms with Gasteiger partial charge in [-0.05, 0) is 0 Å². The molecule has 1 aliphatic carbocycles. The third-order valence-electron chi connectivity index (χ3n) is 1.55. The van der Waals surface area contributed by atoms with Crippen LogP contribution < -0.4 is 0 Å². The van der Waals surface area contributed by atoms with Crippen LogP contribution in [0.1, 0.15) is 25.7 Å². The van der Waals surface area contributed by atoms with E-state index in [0.717, 1.165) is 12.8 Å². The molecule has 0 atom stereocenters. The van der Waals surface area contributed by atoms with Crippen LogP contribution in [0, 0.1) is 0 Å². The average molecular weight is 373 g/mol. The molecule has 11 heavy (non-hydrogen) atoms. The minimum absolute atomic E-state index is 1.02. The molecule has 0 fully saturated rings. The molecule has 0 amide bonds. The molecule has 3 heteroatoms. The Bertz CT molecular complexity index is 173. The number of halogens is 2. The van der Waals surface area contributed by atoms with Gasteiger partial charge in [-0.2, -0.15) is 0 Å². The van der Waals surface area contributed by atoms with Crippen molar-refractivity contribution in [3.8, 4) is 0 Å². The van der Waals surface area contributed by atoms with E-state index in [9.17, 15) is 0 Å². The van der Waals surface area contributed by atoms with Crippen LogP contribution >= 0.6 is 18.8 Å². The topological polar surface area (TPSA) is 0 Å². The van der Waals surface area contributed by atoms with E-state index in [-0.39, 0.29) is 0 Å². The van der Waals surface area contributed by atoms with E-state index < -0.39 is 15.2 Å². The monoisotopic (exact) mass is 372 g/mol. The molecule has 0 aromatic carbocycles. The molecule has 0 radical (unpaired) electrons. The Kier molecular flexibility index (Phi) is 4.83. The molecule has 0 spiro atoms. The van der Waals surface area contributed by atoms with Gasteiger partial charge in [0, 0.05) is 0 Å². The Balaban J connectivity index is 2.53. The quantitative estimate of drug-likeness (QED) is 0.612. The van der Waals surface area contributed by atoms with Crippen LogP contribution in [0.25, 0.3) is 0 Å². The van der Waals surface area contributed by atoms with Crippen molar-refractivity contribution in [2.75, 3.05) is 0 Å². The first-order valence-electron chi connectivity index (χ1n) is 3.60. The summed E-state index contributed by atoms with van der Waals surface area (Å²) < 4.78 is 1.34. The number of rotatable bonds is 1. The van der Waals surface area contributed by atoms with Crippen LogP contribution in [0.4, 0.5) is 0 Å². The molecule has 0 heterocycles. The normalized spacial score (nSPS) is 20.2. The van der Waals surface area contributed by atoms with Crippen LogP contribution in [0.5, 0.6) is 0 Å². The first kappa shape index (κ1) is 9.83. The fourth-order valence-corrected chi connectivity index (χ4v) is 4.22. The van der Waals surface area contributed by atoms with Gasteiger partial charge in [-0.25, -0.2) is 0 Å². The third kappa shape index (κ3) is 3.78. The summed E-state index contributed by atoms with van der Waals surface area (Å²) in [6.45, 7) is 0. The molecule has 0 bridgehead atoms. The van der Waals surface area contributed by atoms with Gasteiger partial charge >= 0.3 is 81.9 Å². The second kappa shape index (κ2) is 5.40. The summed E-state index contributed by atoms with van der Waals surface area (Å²) in [6, 6.07) is 0. The first-order chi connectivity index (χ1) is 5.30. The van der Waals surface area contributed by atoms with Crippen molar-refractivity contribution >= 4 is 18.8 Å². The molecule has 0 aliphatic heterocycles. The van der Waals surface area contributed by atoms with Crippen molar-refractivity contribution < 1.29 is 15.2 Å². The zero-order valence-electron chi connectivity index (χ0n) is 6.13. The molecule has 0 saturated carbocycles. The summed E-state index contributed by atoms with van der Waals surface area (Å²) in [5.74, 6) is 0. The van der Waals surface area contributed by atoms with Gasteiger partial charge < -0.3 is 0 Å². The predicted molar refractivity (Wildman–Crippen MR) is 47.4 cm³/mol. The van der Waals surface area contributed by atoms with Gasteiger partial charge in [0.15, 0.2) is 0 Å². The van der Waals surface area contributed by atoms with E-state index >= 15 is 0 Å². The molecule has 0 nitrogen and oxygen atoms in total. The van der Waals surface area contributed by atoms with Crippen LogP contribution in [-0.4, -0.2) is 0 Å². The molecule has 0 aromatic heterocycles. The van der Waals surface area contributed by atoms with Crippen molar-refractivity contribution in [1.82, 2.24) is 0 Å². The predicted octanol–water partition coefficient (Wildman–Crippen LogP) is 3.93. The molecule has 0 aromatic rings. The molecule has 67 valence electrons. The summed E-state index contributed by atoms with van der Waals surface area (Å²) in [5, 5.41) is 0. The first-order valence-corrected chi connectivity index (χ1v) is 10.4. The van der Waals surface area contributed by atoms with E-state index in [2.05, 4.69) is 18.2 Å². The molecular weight excluding hydrogens is 362 g/mol. The summed E-state index contributed by atoms with van der Waals surface area (Å²) in [4.78, 5) is 0. The van der Waals surface area contributed by atoms with E-state index in [1.807, 2.05) is 0 Å². The zero-order chi connectivity index (χ0) is 8.10. The summed E-state index contributed by atoms with van der Waals surface area (Å²) in [7, 11) is 11.8. The van der Waals surface area contributed by atoms with Gasteiger partial charge in [-0.15, -0.1) is 0 Å². The second-order valence-corrected chi connectivity index (χ2v) is 9.93. The standard InChI is InChI=1S/C8H11.2ClH.Pt/c1-2-4-6-8-7-5-3-1;;;/h1-2,5H,3-4,6,8H2;2*1H;/q;;;+2/p-2. The summed E-state index contributed by atoms with van der Waals surface area (Å²) in [5.41, 5.74) is 0. The Labute approximate surface area is 81.7 Å². The Morgan fingerprint density at radius 3 is 2.82 bits per heavy atom. The maximum atomic E-state index is 5.91. The van der Waals surface area contributed by atoms with Gasteiger partial charge in [0.25, 0.3) is 0 Å².